The molecule has 0 radical (unpaired) electrons. The maximum Gasteiger partial charge on any atom is 0.0638 e. The molecule has 1 unspecified atom stereocenters. The van der Waals surface area contributed by atoms with Crippen LogP contribution < -0.4 is 5.32 Å². The van der Waals surface area contributed by atoms with Crippen LogP contribution in [0.3, 0.4) is 0 Å². The molecule has 0 saturated heterocycles. The smallest absolute Gasteiger partial charge is 0.0638 e. The predicted molar refractivity (Wildman–Crippen MR) is 65.3 cm³/mol. The molecule has 0 aromatic carbocycles. The molecule has 0 spiro atoms. The normalized spacial score (nSPS) is 13.0. The molecular weight excluding hydrogens is 202 g/mol. The lowest BCUT2D eigenvalue weighted by molar-refractivity contribution is 0.251. The topological polar surface area (TPSA) is 60.9 Å². The number of aromatic nitrogens is 2. The Bertz CT molecular complexity index is 290. The maximum atomic E-state index is 8.90. The van der Waals surface area contributed by atoms with E-state index in [0.29, 0.717) is 5.92 Å². The molecule has 0 aliphatic heterocycles. The molecule has 4 nitrogen and oxygen atoms in total. The monoisotopic (exact) mass is 225 g/mol. The number of rotatable bonds is 7. The van der Waals surface area contributed by atoms with Crippen LogP contribution in [0.4, 0.5) is 0 Å². The standard InChI is InChI=1S/C12H23N3O/c1-4-11(5-6-16)7-13-8-12-9(2)14-15-10(12)3/h11,13,16H,4-8H2,1-3H3,(H,14,15). The number of nitrogens with zero attached hydrogens (tertiary/aromatic N) is 1. The Hall–Kier alpha value is -0.870. The number of aryl methyl sites for hydroxylation is 2. The molecule has 0 amide bonds. The van der Waals surface area contributed by atoms with Crippen LogP contribution in [0.5, 0.6) is 0 Å². The van der Waals surface area contributed by atoms with Crippen molar-refractivity contribution in [3.05, 3.63) is 17.0 Å². The van der Waals surface area contributed by atoms with Gasteiger partial charge in [0.15, 0.2) is 0 Å². The third kappa shape index (κ3) is 3.61. The minimum Gasteiger partial charge on any atom is -0.396 e. The summed E-state index contributed by atoms with van der Waals surface area (Å²) < 4.78 is 0. The van der Waals surface area contributed by atoms with Gasteiger partial charge in [-0.15, -0.1) is 0 Å². The van der Waals surface area contributed by atoms with Gasteiger partial charge in [-0.25, -0.2) is 0 Å². The third-order valence-electron chi connectivity index (χ3n) is 3.13. The highest BCUT2D eigenvalue weighted by Crippen LogP contribution is 2.10. The van der Waals surface area contributed by atoms with Crippen LogP contribution in [0, 0.1) is 19.8 Å². The Balaban J connectivity index is 2.35. The van der Waals surface area contributed by atoms with Gasteiger partial charge in [0.25, 0.3) is 0 Å². The van der Waals surface area contributed by atoms with Crippen molar-refractivity contribution in [2.75, 3.05) is 13.2 Å². The summed E-state index contributed by atoms with van der Waals surface area (Å²) in [5.74, 6) is 0.567. The summed E-state index contributed by atoms with van der Waals surface area (Å²) in [5.41, 5.74) is 3.47. The van der Waals surface area contributed by atoms with Crippen LogP contribution >= 0.6 is 0 Å². The van der Waals surface area contributed by atoms with Crippen molar-refractivity contribution < 1.29 is 5.11 Å². The van der Waals surface area contributed by atoms with Crippen LogP contribution in [-0.2, 0) is 6.54 Å². The van der Waals surface area contributed by atoms with Crippen molar-refractivity contribution in [3.63, 3.8) is 0 Å². The Morgan fingerprint density at radius 1 is 1.44 bits per heavy atom. The van der Waals surface area contributed by atoms with Gasteiger partial charge in [-0.2, -0.15) is 5.10 Å². The summed E-state index contributed by atoms with van der Waals surface area (Å²) in [6.45, 7) is 8.32. The second-order valence-corrected chi connectivity index (χ2v) is 4.33. The van der Waals surface area contributed by atoms with Gasteiger partial charge < -0.3 is 10.4 Å². The lowest BCUT2D eigenvalue weighted by Gasteiger charge is -2.14. The number of hydrogen-bond donors (Lipinski definition) is 3. The number of aromatic amines is 1. The quantitative estimate of drug-likeness (QED) is 0.659. The summed E-state index contributed by atoms with van der Waals surface area (Å²) in [5, 5.41) is 19.5. The minimum absolute atomic E-state index is 0.282. The first-order valence-corrected chi connectivity index (χ1v) is 6.01. The first-order valence-electron chi connectivity index (χ1n) is 6.01. The molecule has 0 aliphatic rings. The van der Waals surface area contributed by atoms with Gasteiger partial charge in [0, 0.05) is 24.4 Å². The Morgan fingerprint density at radius 2 is 2.19 bits per heavy atom. The number of nitrogens with one attached hydrogen (secondary N) is 2. The van der Waals surface area contributed by atoms with Crippen LogP contribution in [0.15, 0.2) is 0 Å². The molecule has 1 aromatic heterocycles. The summed E-state index contributed by atoms with van der Waals surface area (Å²) in [4.78, 5) is 0. The summed E-state index contributed by atoms with van der Waals surface area (Å²) in [7, 11) is 0. The van der Waals surface area contributed by atoms with Crippen LogP contribution in [-0.4, -0.2) is 28.5 Å². The molecule has 4 heteroatoms. The lowest BCUT2D eigenvalue weighted by Crippen LogP contribution is -2.23. The van der Waals surface area contributed by atoms with Crippen LogP contribution in [0.2, 0.25) is 0 Å². The zero-order valence-corrected chi connectivity index (χ0v) is 10.5. The van der Waals surface area contributed by atoms with Crippen molar-refractivity contribution in [2.24, 2.45) is 5.92 Å². The van der Waals surface area contributed by atoms with Crippen molar-refractivity contribution in [2.45, 2.75) is 40.2 Å². The number of hydrogen-bond acceptors (Lipinski definition) is 3. The van der Waals surface area contributed by atoms with Gasteiger partial charge in [0.05, 0.1) is 5.69 Å². The predicted octanol–water partition coefficient (Wildman–Crippen LogP) is 1.52. The minimum atomic E-state index is 0.282. The van der Waals surface area contributed by atoms with Crippen molar-refractivity contribution in [1.29, 1.82) is 0 Å². The molecule has 1 heterocycles. The second-order valence-electron chi connectivity index (χ2n) is 4.33. The highest BCUT2D eigenvalue weighted by atomic mass is 16.3. The summed E-state index contributed by atoms with van der Waals surface area (Å²) >= 11 is 0. The SMILES string of the molecule is CCC(CCO)CNCc1c(C)n[nH]c1C. The molecule has 1 atom stereocenters. The number of H-pyrrole nitrogens is 1. The number of aliphatic hydroxyl groups is 1. The first kappa shape index (κ1) is 13.2. The van der Waals surface area contributed by atoms with Gasteiger partial charge in [-0.1, -0.05) is 13.3 Å². The average Bonchev–Trinajstić information content (AvgIpc) is 2.59. The third-order valence-corrected chi connectivity index (χ3v) is 3.13. The van der Waals surface area contributed by atoms with E-state index in [1.54, 1.807) is 0 Å². The number of aliphatic hydroxyl groups excluding tert-OH is 1. The van der Waals surface area contributed by atoms with Crippen LogP contribution in [0.1, 0.15) is 36.7 Å². The largest absolute Gasteiger partial charge is 0.396 e. The summed E-state index contributed by atoms with van der Waals surface area (Å²) in [6.07, 6.45) is 1.99. The first-order chi connectivity index (χ1) is 7.69. The molecule has 92 valence electrons. The van der Waals surface area contributed by atoms with E-state index in [9.17, 15) is 0 Å². The average molecular weight is 225 g/mol. The van der Waals surface area contributed by atoms with E-state index in [0.717, 1.165) is 37.3 Å². The van der Waals surface area contributed by atoms with E-state index in [4.69, 9.17) is 5.11 Å². The molecule has 1 aromatic rings. The van der Waals surface area contributed by atoms with E-state index >= 15 is 0 Å². The molecule has 16 heavy (non-hydrogen) atoms. The molecule has 0 saturated carbocycles. The Labute approximate surface area is 97.5 Å². The molecule has 1 rings (SSSR count). The van der Waals surface area contributed by atoms with Crippen LogP contribution in [0.25, 0.3) is 0 Å². The molecule has 0 aliphatic carbocycles. The fourth-order valence-electron chi connectivity index (χ4n) is 1.87. The zero-order chi connectivity index (χ0) is 12.0. The van der Waals surface area contributed by atoms with Crippen molar-refractivity contribution in [1.82, 2.24) is 15.5 Å². The van der Waals surface area contributed by atoms with Gasteiger partial charge in [0.2, 0.25) is 0 Å². The van der Waals surface area contributed by atoms with E-state index in [1.165, 1.54) is 5.56 Å². The Kier molecular flexibility index (Phi) is 5.49. The van der Waals surface area contributed by atoms with Crippen molar-refractivity contribution in [3.8, 4) is 0 Å². The van der Waals surface area contributed by atoms with E-state index in [-0.39, 0.29) is 6.61 Å². The maximum absolute atomic E-state index is 8.90. The van der Waals surface area contributed by atoms with Gasteiger partial charge >= 0.3 is 0 Å². The van der Waals surface area contributed by atoms with Gasteiger partial charge in [0.1, 0.15) is 0 Å². The lowest BCUT2D eigenvalue weighted by atomic mass is 10.0. The summed E-state index contributed by atoms with van der Waals surface area (Å²) in [6, 6.07) is 0. The fraction of sp³-hybridized carbons (Fsp3) is 0.750. The highest BCUT2D eigenvalue weighted by molar-refractivity contribution is 5.22. The molecule has 0 fully saturated rings. The van der Waals surface area contributed by atoms with Gasteiger partial charge in [-0.3, -0.25) is 5.10 Å². The van der Waals surface area contributed by atoms with Gasteiger partial charge in [-0.05, 0) is 32.7 Å². The zero-order valence-electron chi connectivity index (χ0n) is 10.5. The van der Waals surface area contributed by atoms with E-state index in [1.807, 2.05) is 13.8 Å². The Morgan fingerprint density at radius 3 is 2.69 bits per heavy atom. The fourth-order valence-corrected chi connectivity index (χ4v) is 1.87. The van der Waals surface area contributed by atoms with E-state index in [2.05, 4.69) is 22.4 Å². The van der Waals surface area contributed by atoms with Crippen molar-refractivity contribution >= 4 is 0 Å². The highest BCUT2D eigenvalue weighted by Gasteiger charge is 2.08. The molecular formula is C12H23N3O. The molecule has 0 bridgehead atoms. The second kappa shape index (κ2) is 6.66. The molecule has 3 N–H and O–H groups in total. The van der Waals surface area contributed by atoms with E-state index < -0.39 is 0 Å².